The van der Waals surface area contributed by atoms with Gasteiger partial charge in [0.15, 0.2) is 5.13 Å². The molecule has 0 saturated carbocycles. The van der Waals surface area contributed by atoms with Crippen molar-refractivity contribution in [3.05, 3.63) is 71.2 Å². The number of nitrogens with zero attached hydrogens (tertiary/aromatic N) is 2. The zero-order chi connectivity index (χ0) is 23.5. The lowest BCUT2D eigenvalue weighted by atomic mass is 10.2. The number of amides is 2. The van der Waals surface area contributed by atoms with E-state index in [2.05, 4.69) is 15.6 Å². The van der Waals surface area contributed by atoms with Gasteiger partial charge in [-0.3, -0.25) is 9.59 Å². The van der Waals surface area contributed by atoms with E-state index in [0.717, 1.165) is 17.0 Å². The number of rotatable bonds is 12. The number of methoxy groups -OCH3 is 2. The summed E-state index contributed by atoms with van der Waals surface area (Å²) in [5.74, 6) is 0.376. The second-order valence-electron chi connectivity index (χ2n) is 7.20. The van der Waals surface area contributed by atoms with Crippen LogP contribution < -0.4 is 15.4 Å². The van der Waals surface area contributed by atoms with Crippen LogP contribution in [0.5, 0.6) is 5.75 Å². The lowest BCUT2D eigenvalue weighted by molar-refractivity contribution is -0.121. The largest absolute Gasteiger partial charge is 0.497 e. The molecular formula is C24H28N4O4S. The lowest BCUT2D eigenvalue weighted by Crippen LogP contribution is -2.35. The number of benzene rings is 2. The minimum Gasteiger partial charge on any atom is -0.497 e. The van der Waals surface area contributed by atoms with Crippen LogP contribution in [0.4, 0.5) is 10.8 Å². The lowest BCUT2D eigenvalue weighted by Gasteiger charge is -2.22. The molecule has 1 aromatic heterocycles. The highest BCUT2D eigenvalue weighted by atomic mass is 32.1. The van der Waals surface area contributed by atoms with Crippen molar-refractivity contribution in [3.63, 3.8) is 0 Å². The van der Waals surface area contributed by atoms with Crippen LogP contribution in [-0.2, 0) is 16.1 Å². The number of anilines is 2. The highest BCUT2D eigenvalue weighted by molar-refractivity contribution is 7.14. The third-order valence-electron chi connectivity index (χ3n) is 4.78. The highest BCUT2D eigenvalue weighted by Crippen LogP contribution is 2.24. The fourth-order valence-corrected chi connectivity index (χ4v) is 3.79. The summed E-state index contributed by atoms with van der Waals surface area (Å²) in [6.45, 7) is 1.55. The number of hydrogen-bond donors (Lipinski definition) is 2. The summed E-state index contributed by atoms with van der Waals surface area (Å²) in [4.78, 5) is 31.5. The molecule has 2 aromatic carbocycles. The molecule has 0 aliphatic carbocycles. The minimum absolute atomic E-state index is 0.128. The molecule has 0 aliphatic rings. The van der Waals surface area contributed by atoms with Crippen LogP contribution in [0.15, 0.2) is 60.0 Å². The second kappa shape index (κ2) is 12.6. The average molecular weight is 469 g/mol. The van der Waals surface area contributed by atoms with Crippen molar-refractivity contribution in [2.24, 2.45) is 0 Å². The molecule has 2 N–H and O–H groups in total. The Morgan fingerprint density at radius 2 is 1.91 bits per heavy atom. The fraction of sp³-hybridized carbons (Fsp3) is 0.292. The Morgan fingerprint density at radius 3 is 2.67 bits per heavy atom. The van der Waals surface area contributed by atoms with Crippen molar-refractivity contribution in [3.8, 4) is 5.75 Å². The number of carbonyl (C=O) groups excluding carboxylic acids is 2. The van der Waals surface area contributed by atoms with Gasteiger partial charge in [0.2, 0.25) is 5.91 Å². The maximum absolute atomic E-state index is 13.3. The smallest absolute Gasteiger partial charge is 0.273 e. The van der Waals surface area contributed by atoms with E-state index >= 15 is 0 Å². The van der Waals surface area contributed by atoms with Gasteiger partial charge in [0.1, 0.15) is 11.4 Å². The fourth-order valence-electron chi connectivity index (χ4n) is 3.09. The standard InChI is InChI=1S/C24H28N4O4S/c1-31-14-12-25-22(29)11-13-28(16-18-7-4-3-5-8-18)23(30)21-17-33-24(27-21)26-19-9-6-10-20(15-19)32-2/h3-10,15,17H,11-14,16H2,1-2H3,(H,25,29)(H,26,27). The third kappa shape index (κ3) is 7.58. The zero-order valence-electron chi connectivity index (χ0n) is 18.7. The van der Waals surface area contributed by atoms with Gasteiger partial charge in [0, 0.05) is 50.3 Å². The first-order chi connectivity index (χ1) is 16.1. The van der Waals surface area contributed by atoms with Crippen LogP contribution in [0.3, 0.4) is 0 Å². The van der Waals surface area contributed by atoms with E-state index in [1.54, 1.807) is 24.5 Å². The Hall–Kier alpha value is -3.43. The normalized spacial score (nSPS) is 10.5. The number of aromatic nitrogens is 1. The highest BCUT2D eigenvalue weighted by Gasteiger charge is 2.20. The number of nitrogens with one attached hydrogen (secondary N) is 2. The number of ether oxygens (including phenoxy) is 2. The van der Waals surface area contributed by atoms with Crippen LogP contribution in [-0.4, -0.2) is 55.6 Å². The van der Waals surface area contributed by atoms with E-state index in [1.165, 1.54) is 11.3 Å². The average Bonchev–Trinajstić information content (AvgIpc) is 3.30. The Morgan fingerprint density at radius 1 is 1.09 bits per heavy atom. The van der Waals surface area contributed by atoms with Crippen LogP contribution in [0.2, 0.25) is 0 Å². The third-order valence-corrected chi connectivity index (χ3v) is 5.54. The van der Waals surface area contributed by atoms with Gasteiger partial charge in [0.05, 0.1) is 13.7 Å². The minimum atomic E-state index is -0.224. The van der Waals surface area contributed by atoms with Crippen molar-refractivity contribution in [1.82, 2.24) is 15.2 Å². The molecule has 8 nitrogen and oxygen atoms in total. The summed E-state index contributed by atoms with van der Waals surface area (Å²) in [6, 6.07) is 17.2. The number of thiazole rings is 1. The molecule has 174 valence electrons. The molecule has 33 heavy (non-hydrogen) atoms. The topological polar surface area (TPSA) is 92.8 Å². The number of hydrogen-bond acceptors (Lipinski definition) is 7. The quantitative estimate of drug-likeness (QED) is 0.394. The van der Waals surface area contributed by atoms with Gasteiger partial charge in [-0.25, -0.2) is 4.98 Å². The molecule has 0 spiro atoms. The summed E-state index contributed by atoms with van der Waals surface area (Å²) >= 11 is 1.34. The van der Waals surface area contributed by atoms with Crippen molar-refractivity contribution in [2.75, 3.05) is 39.2 Å². The predicted octanol–water partition coefficient (Wildman–Crippen LogP) is 3.69. The molecule has 0 aliphatic heterocycles. The SMILES string of the molecule is COCCNC(=O)CCN(Cc1ccccc1)C(=O)c1csc(Nc2cccc(OC)c2)n1. The Labute approximate surface area is 197 Å². The molecule has 0 unspecified atom stereocenters. The molecule has 0 atom stereocenters. The van der Waals surface area contributed by atoms with E-state index in [9.17, 15) is 9.59 Å². The molecule has 1 heterocycles. The molecule has 0 bridgehead atoms. The van der Waals surface area contributed by atoms with E-state index in [1.807, 2.05) is 54.6 Å². The summed E-state index contributed by atoms with van der Waals surface area (Å²) in [5.41, 5.74) is 2.13. The molecule has 0 radical (unpaired) electrons. The molecule has 2 amide bonds. The maximum atomic E-state index is 13.3. The monoisotopic (exact) mass is 468 g/mol. The van der Waals surface area contributed by atoms with Gasteiger partial charge in [-0.1, -0.05) is 36.4 Å². The number of carbonyl (C=O) groups is 2. The predicted molar refractivity (Wildman–Crippen MR) is 129 cm³/mol. The van der Waals surface area contributed by atoms with Gasteiger partial charge < -0.3 is 25.0 Å². The van der Waals surface area contributed by atoms with Crippen molar-refractivity contribution >= 4 is 34.0 Å². The summed E-state index contributed by atoms with van der Waals surface area (Å²) in [6.07, 6.45) is 0.196. The van der Waals surface area contributed by atoms with E-state index in [-0.39, 0.29) is 24.8 Å². The summed E-state index contributed by atoms with van der Waals surface area (Å²) in [5, 5.41) is 8.31. The van der Waals surface area contributed by atoms with Crippen LogP contribution in [0, 0.1) is 0 Å². The molecular weight excluding hydrogens is 440 g/mol. The summed E-state index contributed by atoms with van der Waals surface area (Å²) in [7, 11) is 3.19. The second-order valence-corrected chi connectivity index (χ2v) is 8.06. The van der Waals surface area contributed by atoms with Gasteiger partial charge >= 0.3 is 0 Å². The van der Waals surface area contributed by atoms with Gasteiger partial charge in [-0.2, -0.15) is 0 Å². The first kappa shape index (κ1) is 24.2. The van der Waals surface area contributed by atoms with Crippen LogP contribution in [0.25, 0.3) is 0 Å². The van der Waals surface area contributed by atoms with E-state index in [4.69, 9.17) is 9.47 Å². The molecule has 0 saturated heterocycles. The zero-order valence-corrected chi connectivity index (χ0v) is 19.6. The molecule has 0 fully saturated rings. The Balaban J connectivity index is 1.68. The van der Waals surface area contributed by atoms with Gasteiger partial charge in [-0.05, 0) is 17.7 Å². The van der Waals surface area contributed by atoms with Crippen molar-refractivity contribution < 1.29 is 19.1 Å². The summed E-state index contributed by atoms with van der Waals surface area (Å²) < 4.78 is 10.2. The maximum Gasteiger partial charge on any atom is 0.273 e. The van der Waals surface area contributed by atoms with E-state index in [0.29, 0.717) is 30.5 Å². The Kier molecular flexibility index (Phi) is 9.22. The van der Waals surface area contributed by atoms with Gasteiger partial charge in [0.25, 0.3) is 5.91 Å². The van der Waals surface area contributed by atoms with Crippen LogP contribution in [0.1, 0.15) is 22.5 Å². The first-order valence-corrected chi connectivity index (χ1v) is 11.4. The van der Waals surface area contributed by atoms with Crippen molar-refractivity contribution in [1.29, 1.82) is 0 Å². The molecule has 3 aromatic rings. The van der Waals surface area contributed by atoms with Crippen LogP contribution >= 0.6 is 11.3 Å². The Bertz CT molecular complexity index is 1040. The van der Waals surface area contributed by atoms with Crippen molar-refractivity contribution in [2.45, 2.75) is 13.0 Å². The van der Waals surface area contributed by atoms with E-state index < -0.39 is 0 Å². The first-order valence-electron chi connectivity index (χ1n) is 10.5. The molecule has 9 heteroatoms. The molecule has 3 rings (SSSR count). The van der Waals surface area contributed by atoms with Gasteiger partial charge in [-0.15, -0.1) is 11.3 Å².